The summed E-state index contributed by atoms with van der Waals surface area (Å²) in [6.45, 7) is 1.65. The van der Waals surface area contributed by atoms with Crippen molar-refractivity contribution in [2.75, 3.05) is 12.4 Å². The highest BCUT2D eigenvalue weighted by atomic mass is 16.6. The normalized spacial score (nSPS) is 11.7. The minimum absolute atomic E-state index is 0.0396. The molecule has 3 N–H and O–H groups in total. The minimum Gasteiger partial charge on any atom is -0.383 e. The first kappa shape index (κ1) is 14.4. The van der Waals surface area contributed by atoms with Crippen LogP contribution in [-0.4, -0.2) is 38.5 Å². The summed E-state index contributed by atoms with van der Waals surface area (Å²) in [4.78, 5) is 22.8. The molecule has 2 aromatic rings. The van der Waals surface area contributed by atoms with Crippen molar-refractivity contribution < 1.29 is 9.72 Å². The molecule has 0 bridgehead atoms. The number of hydrogen-bond donors (Lipinski definition) is 3. The molecule has 0 radical (unpaired) electrons. The molecule has 0 aliphatic carbocycles. The molecule has 1 aromatic carbocycles. The average Bonchev–Trinajstić information content (AvgIpc) is 3.00. The quantitative estimate of drug-likeness (QED) is 0.542. The molecule has 21 heavy (non-hydrogen) atoms. The summed E-state index contributed by atoms with van der Waals surface area (Å²) in [6, 6.07) is 3.94. The van der Waals surface area contributed by atoms with Gasteiger partial charge in [-0.2, -0.15) is 5.21 Å². The van der Waals surface area contributed by atoms with Crippen LogP contribution in [0, 0.1) is 10.1 Å². The summed E-state index contributed by atoms with van der Waals surface area (Å²) in [6.07, 6.45) is 0. The van der Waals surface area contributed by atoms with Crippen LogP contribution in [0.1, 0.15) is 29.1 Å². The number of nitro groups is 1. The lowest BCUT2D eigenvalue weighted by atomic mass is 10.1. The third-order valence-corrected chi connectivity index (χ3v) is 2.83. The zero-order valence-corrected chi connectivity index (χ0v) is 11.3. The van der Waals surface area contributed by atoms with Gasteiger partial charge in [-0.05, 0) is 19.1 Å². The van der Waals surface area contributed by atoms with Crippen LogP contribution in [0.2, 0.25) is 0 Å². The fraction of sp³-hybridized carbons (Fsp3) is 0.273. The van der Waals surface area contributed by atoms with Gasteiger partial charge in [-0.25, -0.2) is 0 Å². The lowest BCUT2D eigenvalue weighted by molar-refractivity contribution is -0.384. The molecule has 110 valence electrons. The summed E-state index contributed by atoms with van der Waals surface area (Å²) in [5.74, 6) is -0.299. The van der Waals surface area contributed by atoms with Gasteiger partial charge in [0.05, 0.1) is 11.0 Å². The zero-order chi connectivity index (χ0) is 15.4. The Morgan fingerprint density at radius 2 is 2.24 bits per heavy atom. The largest absolute Gasteiger partial charge is 0.383 e. The van der Waals surface area contributed by atoms with Crippen molar-refractivity contribution in [2.24, 2.45) is 0 Å². The predicted octanol–water partition coefficient (Wildman–Crippen LogP) is 0.641. The smallest absolute Gasteiger partial charge is 0.305 e. The maximum atomic E-state index is 12.2. The van der Waals surface area contributed by atoms with Gasteiger partial charge in [0.2, 0.25) is 0 Å². The van der Waals surface area contributed by atoms with Crippen molar-refractivity contribution in [3.63, 3.8) is 0 Å². The second kappa shape index (κ2) is 5.94. The SMILES string of the molecule is CNc1cccc(C(=O)NC(C)c2nn[nH]n2)c1[N+](=O)[O-]. The van der Waals surface area contributed by atoms with Crippen molar-refractivity contribution in [2.45, 2.75) is 13.0 Å². The van der Waals surface area contributed by atoms with E-state index >= 15 is 0 Å². The van der Waals surface area contributed by atoms with Gasteiger partial charge in [0.25, 0.3) is 5.91 Å². The van der Waals surface area contributed by atoms with E-state index in [1.807, 2.05) is 0 Å². The van der Waals surface area contributed by atoms with E-state index in [9.17, 15) is 14.9 Å². The Balaban J connectivity index is 2.29. The molecule has 0 saturated heterocycles. The van der Waals surface area contributed by atoms with E-state index in [4.69, 9.17) is 0 Å². The Hall–Kier alpha value is -3.04. The fourth-order valence-electron chi connectivity index (χ4n) is 1.82. The molecule has 1 amide bonds. The van der Waals surface area contributed by atoms with Gasteiger partial charge in [0.15, 0.2) is 5.82 Å². The summed E-state index contributed by atoms with van der Waals surface area (Å²) in [5, 5.41) is 29.6. The van der Waals surface area contributed by atoms with Gasteiger partial charge in [0, 0.05) is 7.05 Å². The number of tetrazole rings is 1. The fourth-order valence-corrected chi connectivity index (χ4v) is 1.82. The second-order valence-electron chi connectivity index (χ2n) is 4.17. The predicted molar refractivity (Wildman–Crippen MR) is 72.7 cm³/mol. The van der Waals surface area contributed by atoms with Gasteiger partial charge in [-0.1, -0.05) is 11.3 Å². The van der Waals surface area contributed by atoms with Crippen molar-refractivity contribution in [3.8, 4) is 0 Å². The number of nitrogens with zero attached hydrogens (tertiary/aromatic N) is 4. The molecule has 0 saturated carbocycles. The summed E-state index contributed by atoms with van der Waals surface area (Å²) >= 11 is 0. The molecule has 1 atom stereocenters. The Bertz CT molecular complexity index is 656. The van der Waals surface area contributed by atoms with E-state index in [1.54, 1.807) is 20.0 Å². The summed E-state index contributed by atoms with van der Waals surface area (Å²) in [5.41, 5.74) is -0.0557. The first-order valence-electron chi connectivity index (χ1n) is 6.04. The topological polar surface area (TPSA) is 139 Å². The Labute approximate surface area is 119 Å². The minimum atomic E-state index is -0.597. The Morgan fingerprint density at radius 1 is 1.48 bits per heavy atom. The highest BCUT2D eigenvalue weighted by molar-refractivity contribution is 6.00. The molecule has 0 aliphatic rings. The number of hydrogen-bond acceptors (Lipinski definition) is 7. The van der Waals surface area contributed by atoms with Crippen LogP contribution >= 0.6 is 0 Å². The van der Waals surface area contributed by atoms with E-state index in [0.29, 0.717) is 0 Å². The molecule has 1 aromatic heterocycles. The van der Waals surface area contributed by atoms with Gasteiger partial charge in [-0.15, -0.1) is 10.2 Å². The lowest BCUT2D eigenvalue weighted by Gasteiger charge is -2.11. The number of carbonyl (C=O) groups is 1. The highest BCUT2D eigenvalue weighted by Crippen LogP contribution is 2.28. The molecule has 1 unspecified atom stereocenters. The van der Waals surface area contributed by atoms with Crippen LogP contribution in [0.5, 0.6) is 0 Å². The molecule has 0 aliphatic heterocycles. The molecule has 10 heteroatoms. The molecule has 2 rings (SSSR count). The number of H-pyrrole nitrogens is 1. The number of carbonyl (C=O) groups excluding carboxylic acids is 1. The number of para-hydroxylation sites is 1. The van der Waals surface area contributed by atoms with Gasteiger partial charge in [-0.3, -0.25) is 14.9 Å². The van der Waals surface area contributed by atoms with Crippen LogP contribution in [0.4, 0.5) is 11.4 Å². The Morgan fingerprint density at radius 3 is 2.81 bits per heavy atom. The molecule has 10 nitrogen and oxygen atoms in total. The molecule has 0 fully saturated rings. The van der Waals surface area contributed by atoms with Crippen LogP contribution in [-0.2, 0) is 0 Å². The average molecular weight is 291 g/mol. The van der Waals surface area contributed by atoms with Crippen molar-refractivity contribution in [3.05, 3.63) is 39.7 Å². The second-order valence-corrected chi connectivity index (χ2v) is 4.17. The first-order chi connectivity index (χ1) is 10.0. The van der Waals surface area contributed by atoms with Crippen LogP contribution in [0.25, 0.3) is 0 Å². The van der Waals surface area contributed by atoms with Crippen LogP contribution in [0.3, 0.4) is 0 Å². The number of aromatic nitrogens is 4. The summed E-state index contributed by atoms with van der Waals surface area (Å²) in [7, 11) is 1.55. The van der Waals surface area contributed by atoms with Gasteiger partial charge >= 0.3 is 5.69 Å². The monoisotopic (exact) mass is 291 g/mol. The zero-order valence-electron chi connectivity index (χ0n) is 11.3. The van der Waals surface area contributed by atoms with E-state index in [2.05, 4.69) is 31.3 Å². The summed E-state index contributed by atoms with van der Waals surface area (Å²) < 4.78 is 0. The third-order valence-electron chi connectivity index (χ3n) is 2.83. The van der Waals surface area contributed by atoms with Crippen molar-refractivity contribution >= 4 is 17.3 Å². The maximum absolute atomic E-state index is 12.2. The number of benzene rings is 1. The van der Waals surface area contributed by atoms with E-state index in [-0.39, 0.29) is 22.8 Å². The van der Waals surface area contributed by atoms with Gasteiger partial charge < -0.3 is 10.6 Å². The number of nitrogens with one attached hydrogen (secondary N) is 3. The number of nitro benzene ring substituents is 1. The van der Waals surface area contributed by atoms with Crippen molar-refractivity contribution in [1.29, 1.82) is 0 Å². The van der Waals surface area contributed by atoms with E-state index in [1.165, 1.54) is 12.1 Å². The maximum Gasteiger partial charge on any atom is 0.305 e. The third kappa shape index (κ3) is 2.94. The van der Waals surface area contributed by atoms with Crippen LogP contribution < -0.4 is 10.6 Å². The number of aromatic amines is 1. The first-order valence-corrected chi connectivity index (χ1v) is 6.04. The highest BCUT2D eigenvalue weighted by Gasteiger charge is 2.25. The molecule has 0 spiro atoms. The number of amides is 1. The number of anilines is 1. The standard InChI is InChI=1S/C11H13N7O3/c1-6(10-14-16-17-15-10)13-11(19)7-4-3-5-8(12-2)9(7)18(20)21/h3-6,12H,1-2H3,(H,13,19)(H,14,15,16,17). The molecule has 1 heterocycles. The Kier molecular flexibility index (Phi) is 4.07. The molecular weight excluding hydrogens is 278 g/mol. The van der Waals surface area contributed by atoms with E-state index in [0.717, 1.165) is 0 Å². The van der Waals surface area contributed by atoms with E-state index < -0.39 is 16.9 Å². The van der Waals surface area contributed by atoms with Crippen molar-refractivity contribution in [1.82, 2.24) is 25.9 Å². The lowest BCUT2D eigenvalue weighted by Crippen LogP contribution is -2.28. The van der Waals surface area contributed by atoms with Crippen LogP contribution in [0.15, 0.2) is 18.2 Å². The molecular formula is C11H13N7O3. The number of rotatable bonds is 5. The van der Waals surface area contributed by atoms with Gasteiger partial charge in [0.1, 0.15) is 11.3 Å².